The fourth-order valence-electron chi connectivity index (χ4n) is 2.26. The zero-order valence-electron chi connectivity index (χ0n) is 13.1. The summed E-state index contributed by atoms with van der Waals surface area (Å²) in [6.07, 6.45) is 0.114. The summed E-state index contributed by atoms with van der Waals surface area (Å²) >= 11 is 0. The molecule has 0 spiro atoms. The minimum atomic E-state index is -2.23. The summed E-state index contributed by atoms with van der Waals surface area (Å²) in [5.74, 6) is -10.9. The molecule has 2 rings (SSSR count). The first-order chi connectivity index (χ1) is 11.9. The molecule has 0 aliphatic heterocycles. The molecular formula is C17H14F5NO2. The summed E-state index contributed by atoms with van der Waals surface area (Å²) in [6, 6.07) is 7.63. The van der Waals surface area contributed by atoms with E-state index < -0.39 is 53.2 Å². The molecule has 0 radical (unpaired) electrons. The molecule has 2 aromatic carbocycles. The lowest BCUT2D eigenvalue weighted by atomic mass is 10.1. The minimum Gasteiger partial charge on any atom is -0.468 e. The average Bonchev–Trinajstić information content (AvgIpc) is 2.64. The second-order valence-corrected chi connectivity index (χ2v) is 5.19. The molecule has 0 unspecified atom stereocenters. The Labute approximate surface area is 140 Å². The molecular weight excluding hydrogens is 345 g/mol. The second kappa shape index (κ2) is 8.06. The standard InChI is InChI=1S/C17H14F5NO2/c1-25-17(24)11(7-9-5-3-2-4-6-9)23-8-10-12(18)14(20)16(22)15(21)13(10)19/h2-6,11,23H,7-8H2,1H3/t11-/m0/s1. The van der Waals surface area contributed by atoms with Crippen molar-refractivity contribution in [2.24, 2.45) is 0 Å². The molecule has 0 amide bonds. The Morgan fingerprint density at radius 1 is 0.960 bits per heavy atom. The van der Waals surface area contributed by atoms with Crippen LogP contribution in [0.3, 0.4) is 0 Å². The molecule has 0 saturated heterocycles. The first-order valence-electron chi connectivity index (χ1n) is 7.22. The molecule has 0 aliphatic carbocycles. The van der Waals surface area contributed by atoms with Crippen molar-refractivity contribution in [3.63, 3.8) is 0 Å². The van der Waals surface area contributed by atoms with Gasteiger partial charge in [0.2, 0.25) is 5.82 Å². The van der Waals surface area contributed by atoms with Crippen molar-refractivity contribution in [1.29, 1.82) is 0 Å². The van der Waals surface area contributed by atoms with E-state index in [1.165, 1.54) is 0 Å². The van der Waals surface area contributed by atoms with E-state index in [-0.39, 0.29) is 6.42 Å². The molecule has 0 bridgehead atoms. The maximum Gasteiger partial charge on any atom is 0.323 e. The Bertz CT molecular complexity index is 738. The Kier molecular flexibility index (Phi) is 6.08. The smallest absolute Gasteiger partial charge is 0.323 e. The second-order valence-electron chi connectivity index (χ2n) is 5.19. The number of carbonyl (C=O) groups is 1. The van der Waals surface area contributed by atoms with Gasteiger partial charge in [0.25, 0.3) is 0 Å². The van der Waals surface area contributed by atoms with Crippen LogP contribution in [0.1, 0.15) is 11.1 Å². The van der Waals surface area contributed by atoms with Crippen molar-refractivity contribution in [3.8, 4) is 0 Å². The van der Waals surface area contributed by atoms with Crippen molar-refractivity contribution < 1.29 is 31.5 Å². The molecule has 134 valence electrons. The van der Waals surface area contributed by atoms with Gasteiger partial charge in [-0.25, -0.2) is 22.0 Å². The van der Waals surface area contributed by atoms with Gasteiger partial charge >= 0.3 is 5.97 Å². The Hall–Kier alpha value is -2.48. The molecule has 1 N–H and O–H groups in total. The number of benzene rings is 2. The Morgan fingerprint density at radius 3 is 2.00 bits per heavy atom. The lowest BCUT2D eigenvalue weighted by Crippen LogP contribution is -2.39. The predicted molar refractivity (Wildman–Crippen MR) is 79.0 cm³/mol. The molecule has 1 atom stereocenters. The maximum absolute atomic E-state index is 13.7. The molecule has 3 nitrogen and oxygen atoms in total. The molecule has 25 heavy (non-hydrogen) atoms. The summed E-state index contributed by atoms with van der Waals surface area (Å²) < 4.78 is 71.5. The minimum absolute atomic E-state index is 0.114. The van der Waals surface area contributed by atoms with Crippen molar-refractivity contribution in [2.75, 3.05) is 7.11 Å². The van der Waals surface area contributed by atoms with Crippen molar-refractivity contribution in [1.82, 2.24) is 5.32 Å². The van der Waals surface area contributed by atoms with Crippen LogP contribution in [-0.4, -0.2) is 19.1 Å². The van der Waals surface area contributed by atoms with E-state index in [0.717, 1.165) is 12.7 Å². The van der Waals surface area contributed by atoms with Gasteiger partial charge in [0.15, 0.2) is 23.3 Å². The third kappa shape index (κ3) is 4.14. The van der Waals surface area contributed by atoms with Crippen molar-refractivity contribution in [2.45, 2.75) is 19.0 Å². The molecule has 0 fully saturated rings. The molecule has 2 aromatic rings. The number of halogens is 5. The van der Waals surface area contributed by atoms with Crippen LogP contribution in [0.2, 0.25) is 0 Å². The third-order valence-electron chi connectivity index (χ3n) is 3.59. The largest absolute Gasteiger partial charge is 0.468 e. The quantitative estimate of drug-likeness (QED) is 0.372. The fourth-order valence-corrected chi connectivity index (χ4v) is 2.26. The summed E-state index contributed by atoms with van der Waals surface area (Å²) in [5.41, 5.74) is -0.318. The van der Waals surface area contributed by atoms with Crippen LogP contribution in [0.5, 0.6) is 0 Å². The molecule has 0 aromatic heterocycles. The highest BCUT2D eigenvalue weighted by Crippen LogP contribution is 2.23. The highest BCUT2D eigenvalue weighted by atomic mass is 19.2. The van der Waals surface area contributed by atoms with E-state index in [0.29, 0.717) is 0 Å². The molecule has 8 heteroatoms. The third-order valence-corrected chi connectivity index (χ3v) is 3.59. The fraction of sp³-hybridized carbons (Fsp3) is 0.235. The van der Waals surface area contributed by atoms with Crippen LogP contribution in [0.25, 0.3) is 0 Å². The lowest BCUT2D eigenvalue weighted by molar-refractivity contribution is -0.143. The molecule has 0 heterocycles. The van der Waals surface area contributed by atoms with Crippen molar-refractivity contribution >= 4 is 5.97 Å². The van der Waals surface area contributed by atoms with Crippen LogP contribution in [0.4, 0.5) is 22.0 Å². The highest BCUT2D eigenvalue weighted by Gasteiger charge is 2.27. The summed E-state index contributed by atoms with van der Waals surface area (Å²) in [4.78, 5) is 11.8. The van der Waals surface area contributed by atoms with Crippen LogP contribution in [-0.2, 0) is 22.5 Å². The number of rotatable bonds is 6. The van der Waals surface area contributed by atoms with Gasteiger partial charge in [0, 0.05) is 12.1 Å². The summed E-state index contributed by atoms with van der Waals surface area (Å²) in [7, 11) is 1.13. The van der Waals surface area contributed by atoms with E-state index in [9.17, 15) is 26.7 Å². The first-order valence-corrected chi connectivity index (χ1v) is 7.22. The van der Waals surface area contributed by atoms with E-state index >= 15 is 0 Å². The number of methoxy groups -OCH3 is 1. The lowest BCUT2D eigenvalue weighted by Gasteiger charge is -2.17. The van der Waals surface area contributed by atoms with Crippen LogP contribution >= 0.6 is 0 Å². The van der Waals surface area contributed by atoms with Gasteiger partial charge in [0.05, 0.1) is 7.11 Å². The number of carbonyl (C=O) groups excluding carboxylic acids is 1. The van der Waals surface area contributed by atoms with E-state index in [4.69, 9.17) is 0 Å². The van der Waals surface area contributed by atoms with Gasteiger partial charge < -0.3 is 4.74 Å². The van der Waals surface area contributed by atoms with Crippen LogP contribution in [0.15, 0.2) is 30.3 Å². The zero-order valence-corrected chi connectivity index (χ0v) is 13.1. The summed E-state index contributed by atoms with van der Waals surface area (Å²) in [6.45, 7) is -0.738. The topological polar surface area (TPSA) is 38.3 Å². The van der Waals surface area contributed by atoms with Crippen molar-refractivity contribution in [3.05, 3.63) is 70.5 Å². The van der Waals surface area contributed by atoms with E-state index in [2.05, 4.69) is 10.1 Å². The highest BCUT2D eigenvalue weighted by molar-refractivity contribution is 5.76. The van der Waals surface area contributed by atoms with E-state index in [1.54, 1.807) is 30.3 Å². The Morgan fingerprint density at radius 2 is 1.48 bits per heavy atom. The predicted octanol–water partition coefficient (Wildman–Crippen LogP) is 3.26. The van der Waals surface area contributed by atoms with Gasteiger partial charge in [0.1, 0.15) is 6.04 Å². The average molecular weight is 359 g/mol. The molecule has 0 saturated carbocycles. The van der Waals surface area contributed by atoms with Gasteiger partial charge in [-0.15, -0.1) is 0 Å². The number of hydrogen-bond donors (Lipinski definition) is 1. The SMILES string of the molecule is COC(=O)[C@H](Cc1ccccc1)NCc1c(F)c(F)c(F)c(F)c1F. The maximum atomic E-state index is 13.7. The zero-order chi connectivity index (χ0) is 18.6. The number of hydrogen-bond acceptors (Lipinski definition) is 3. The van der Waals surface area contributed by atoms with Gasteiger partial charge in [-0.3, -0.25) is 10.1 Å². The van der Waals surface area contributed by atoms with Gasteiger partial charge in [-0.1, -0.05) is 30.3 Å². The number of nitrogens with one attached hydrogen (secondary N) is 1. The monoisotopic (exact) mass is 359 g/mol. The summed E-state index contributed by atoms with van der Waals surface area (Å²) in [5, 5.41) is 2.48. The van der Waals surface area contributed by atoms with Gasteiger partial charge in [-0.2, -0.15) is 0 Å². The molecule has 0 aliphatic rings. The van der Waals surface area contributed by atoms with Crippen LogP contribution < -0.4 is 5.32 Å². The first kappa shape index (κ1) is 18.9. The Balaban J connectivity index is 2.23. The normalized spacial score (nSPS) is 12.1. The number of esters is 1. The van der Waals surface area contributed by atoms with E-state index in [1.807, 2.05) is 0 Å². The number of ether oxygens (including phenoxy) is 1. The van der Waals surface area contributed by atoms with Gasteiger partial charge in [-0.05, 0) is 12.0 Å². The van der Waals surface area contributed by atoms with Crippen LogP contribution in [0, 0.1) is 29.1 Å².